The van der Waals surface area contributed by atoms with E-state index in [0.717, 1.165) is 60.4 Å². The van der Waals surface area contributed by atoms with Crippen LogP contribution < -0.4 is 4.74 Å². The van der Waals surface area contributed by atoms with Crippen molar-refractivity contribution in [3.05, 3.63) is 108 Å². The molecule has 31 heavy (non-hydrogen) atoms. The highest BCUT2D eigenvalue weighted by Crippen LogP contribution is 2.37. The summed E-state index contributed by atoms with van der Waals surface area (Å²) < 4.78 is 44.6. The van der Waals surface area contributed by atoms with Crippen LogP contribution in [-0.4, -0.2) is 0 Å². The Labute approximate surface area is 182 Å². The minimum absolute atomic E-state index is 0.345. The predicted octanol–water partition coefficient (Wildman–Crippen LogP) is 8.35. The molecule has 0 aliphatic heterocycles. The molecule has 1 atom stereocenters. The van der Waals surface area contributed by atoms with Gasteiger partial charge >= 0.3 is 6.18 Å². The summed E-state index contributed by atoms with van der Waals surface area (Å²) in [4.78, 5) is 0. The van der Waals surface area contributed by atoms with Crippen molar-refractivity contribution in [2.24, 2.45) is 0 Å². The van der Waals surface area contributed by atoms with Gasteiger partial charge in [0.1, 0.15) is 11.5 Å². The van der Waals surface area contributed by atoms with Crippen LogP contribution in [-0.2, 0) is 18.0 Å². The number of allylic oxidation sites excluding steroid dienone is 1. The van der Waals surface area contributed by atoms with E-state index in [4.69, 9.17) is 4.74 Å². The first kappa shape index (κ1) is 22.7. The summed E-state index contributed by atoms with van der Waals surface area (Å²) in [6, 6.07) is 23.1. The van der Waals surface area contributed by atoms with E-state index >= 15 is 0 Å². The van der Waals surface area contributed by atoms with Crippen molar-refractivity contribution < 1.29 is 17.9 Å². The van der Waals surface area contributed by atoms with Crippen molar-refractivity contribution in [2.45, 2.75) is 44.2 Å². The van der Waals surface area contributed by atoms with Crippen LogP contribution in [0.2, 0.25) is 0 Å². The van der Waals surface area contributed by atoms with Crippen molar-refractivity contribution in [3.8, 4) is 11.5 Å². The average Bonchev–Trinajstić information content (AvgIpc) is 2.78. The molecule has 0 fully saturated rings. The van der Waals surface area contributed by atoms with Crippen LogP contribution in [0.4, 0.5) is 13.2 Å². The van der Waals surface area contributed by atoms with Gasteiger partial charge in [0.15, 0.2) is 0 Å². The van der Waals surface area contributed by atoms with Gasteiger partial charge in [0.05, 0.1) is 5.56 Å². The molecule has 3 aromatic rings. The van der Waals surface area contributed by atoms with Gasteiger partial charge in [0.25, 0.3) is 0 Å². The average molecular weight is 425 g/mol. The topological polar surface area (TPSA) is 9.23 Å². The van der Waals surface area contributed by atoms with Crippen molar-refractivity contribution in [1.29, 1.82) is 0 Å². The van der Waals surface area contributed by atoms with E-state index in [2.05, 4.69) is 12.6 Å². The molecule has 1 nitrogen and oxygen atoms in total. The summed E-state index contributed by atoms with van der Waals surface area (Å²) >= 11 is 0. The molecule has 0 N–H and O–H groups in total. The molecule has 0 amide bonds. The van der Waals surface area contributed by atoms with Crippen molar-refractivity contribution >= 4 is 0 Å². The van der Waals surface area contributed by atoms with E-state index in [-0.39, 0.29) is 5.41 Å². The summed E-state index contributed by atoms with van der Waals surface area (Å²) in [7, 11) is 0. The third-order valence-corrected chi connectivity index (χ3v) is 5.77. The Bertz CT molecular complexity index is 977. The third kappa shape index (κ3) is 5.78. The van der Waals surface area contributed by atoms with Gasteiger partial charge in [-0.15, -0.1) is 6.58 Å². The van der Waals surface area contributed by atoms with Crippen molar-refractivity contribution in [3.63, 3.8) is 0 Å². The minimum atomic E-state index is -4.32. The molecule has 3 aromatic carbocycles. The molecule has 0 aliphatic carbocycles. The second-order valence-electron chi connectivity index (χ2n) is 7.70. The number of ether oxygens (including phenoxy) is 1. The Morgan fingerprint density at radius 3 is 2.10 bits per heavy atom. The van der Waals surface area contributed by atoms with Crippen LogP contribution in [0.15, 0.2) is 91.5 Å². The molecular formula is C27H27F3O. The Hall–Kier alpha value is -3.01. The highest BCUT2D eigenvalue weighted by molar-refractivity contribution is 5.35. The van der Waals surface area contributed by atoms with E-state index in [1.807, 2.05) is 61.5 Å². The van der Waals surface area contributed by atoms with Gasteiger partial charge in [-0.05, 0) is 73.2 Å². The lowest BCUT2D eigenvalue weighted by Crippen LogP contribution is -2.23. The molecule has 3 rings (SSSR count). The number of para-hydroxylation sites is 1. The normalized spacial score (nSPS) is 13.4. The zero-order valence-corrected chi connectivity index (χ0v) is 17.7. The fourth-order valence-corrected chi connectivity index (χ4v) is 3.88. The van der Waals surface area contributed by atoms with E-state index in [1.165, 1.54) is 0 Å². The molecule has 0 bridgehead atoms. The lowest BCUT2D eigenvalue weighted by molar-refractivity contribution is -0.137. The first-order valence-corrected chi connectivity index (χ1v) is 10.5. The van der Waals surface area contributed by atoms with Crippen LogP contribution >= 0.6 is 0 Å². The maximum atomic E-state index is 12.9. The van der Waals surface area contributed by atoms with E-state index in [0.29, 0.717) is 0 Å². The second-order valence-corrected chi connectivity index (χ2v) is 7.70. The van der Waals surface area contributed by atoms with Crippen LogP contribution in [0.1, 0.15) is 42.9 Å². The van der Waals surface area contributed by atoms with Gasteiger partial charge in [-0.25, -0.2) is 0 Å². The van der Waals surface area contributed by atoms with Gasteiger partial charge in [-0.3, -0.25) is 0 Å². The summed E-state index contributed by atoms with van der Waals surface area (Å²) in [5.41, 5.74) is 1.07. The molecule has 4 heteroatoms. The smallest absolute Gasteiger partial charge is 0.416 e. The Balaban J connectivity index is 1.67. The molecule has 162 valence electrons. The lowest BCUT2D eigenvalue weighted by atomic mass is 9.74. The van der Waals surface area contributed by atoms with E-state index < -0.39 is 11.7 Å². The maximum absolute atomic E-state index is 12.9. The number of alkyl halides is 3. The van der Waals surface area contributed by atoms with Gasteiger partial charge in [-0.1, -0.05) is 55.5 Å². The SMILES string of the molecule is C=CC(CC)(CCCc1cccc(Oc2ccccc2)c1)c1ccc(C(F)(F)F)cc1. The van der Waals surface area contributed by atoms with Crippen molar-refractivity contribution in [2.75, 3.05) is 0 Å². The van der Waals surface area contributed by atoms with Gasteiger partial charge in [-0.2, -0.15) is 13.2 Å². The summed E-state index contributed by atoms with van der Waals surface area (Å²) in [6.45, 7) is 6.05. The third-order valence-electron chi connectivity index (χ3n) is 5.77. The molecular weight excluding hydrogens is 397 g/mol. The zero-order valence-electron chi connectivity index (χ0n) is 17.7. The number of rotatable bonds is 9. The number of aryl methyl sites for hydroxylation is 1. The van der Waals surface area contributed by atoms with Gasteiger partial charge in [0, 0.05) is 5.41 Å². The molecule has 0 spiro atoms. The number of benzene rings is 3. The number of hydrogen-bond acceptors (Lipinski definition) is 1. The van der Waals surface area contributed by atoms with E-state index in [1.54, 1.807) is 12.1 Å². The van der Waals surface area contributed by atoms with Gasteiger partial charge in [0.2, 0.25) is 0 Å². The molecule has 1 unspecified atom stereocenters. The van der Waals surface area contributed by atoms with Crippen LogP contribution in [0, 0.1) is 0 Å². The molecule has 0 radical (unpaired) electrons. The Morgan fingerprint density at radius 1 is 0.839 bits per heavy atom. The lowest BCUT2D eigenvalue weighted by Gasteiger charge is -2.30. The summed E-state index contributed by atoms with van der Waals surface area (Å²) in [5, 5.41) is 0. The standard InChI is InChI=1S/C27H27F3O/c1-3-26(4-2,22-15-17-23(18-16-22)27(28,29)30)19-9-11-21-10-8-14-25(20-21)31-24-12-6-5-7-13-24/h3,5-8,10,12-18,20H,1,4,9,11,19H2,2H3. The second kappa shape index (κ2) is 9.86. The fraction of sp³-hybridized carbons (Fsp3) is 0.259. The quantitative estimate of drug-likeness (QED) is 0.314. The maximum Gasteiger partial charge on any atom is 0.416 e. The molecule has 0 saturated heterocycles. The highest BCUT2D eigenvalue weighted by atomic mass is 19.4. The minimum Gasteiger partial charge on any atom is -0.457 e. The fourth-order valence-electron chi connectivity index (χ4n) is 3.88. The molecule has 0 aromatic heterocycles. The van der Waals surface area contributed by atoms with Crippen LogP contribution in [0.25, 0.3) is 0 Å². The van der Waals surface area contributed by atoms with E-state index in [9.17, 15) is 13.2 Å². The summed E-state index contributed by atoms with van der Waals surface area (Å²) in [5.74, 6) is 1.58. The monoisotopic (exact) mass is 424 g/mol. The Morgan fingerprint density at radius 2 is 1.48 bits per heavy atom. The van der Waals surface area contributed by atoms with Crippen molar-refractivity contribution in [1.82, 2.24) is 0 Å². The summed E-state index contributed by atoms with van der Waals surface area (Å²) in [6.07, 6.45) is 0.873. The highest BCUT2D eigenvalue weighted by Gasteiger charge is 2.32. The number of halogens is 3. The van der Waals surface area contributed by atoms with Crippen LogP contribution in [0.3, 0.4) is 0 Å². The predicted molar refractivity (Wildman–Crippen MR) is 120 cm³/mol. The zero-order chi connectivity index (χ0) is 22.3. The molecule has 0 heterocycles. The molecule has 0 aliphatic rings. The molecule has 0 saturated carbocycles. The first-order chi connectivity index (χ1) is 14.9. The number of hydrogen-bond donors (Lipinski definition) is 0. The van der Waals surface area contributed by atoms with Gasteiger partial charge < -0.3 is 4.74 Å². The van der Waals surface area contributed by atoms with Crippen LogP contribution in [0.5, 0.6) is 11.5 Å². The Kier molecular flexibility index (Phi) is 7.21. The largest absolute Gasteiger partial charge is 0.457 e. The first-order valence-electron chi connectivity index (χ1n) is 10.5.